The van der Waals surface area contributed by atoms with Crippen LogP contribution in [0.25, 0.3) is 11.1 Å². The molecule has 1 aliphatic rings. The monoisotopic (exact) mass is 736 g/mol. The molecule has 1 fully saturated rings. The smallest absolute Gasteiger partial charge is 0.416 e. The molecular weight excluding hydrogens is 697 g/mol. The zero-order valence-electron chi connectivity index (χ0n) is 29.4. The lowest BCUT2D eigenvalue weighted by Gasteiger charge is -2.40. The highest BCUT2D eigenvalue weighted by atomic mass is 19.4. The molecule has 0 aromatic heterocycles. The molecule has 2 atom stereocenters. The van der Waals surface area contributed by atoms with Gasteiger partial charge in [-0.3, -0.25) is 14.5 Å². The van der Waals surface area contributed by atoms with Crippen molar-refractivity contribution in [3.8, 4) is 16.9 Å². The number of esters is 1. The van der Waals surface area contributed by atoms with E-state index in [0.29, 0.717) is 48.6 Å². The summed E-state index contributed by atoms with van der Waals surface area (Å²) in [5.41, 5.74) is 3.59. The Bertz CT molecular complexity index is 2050. The van der Waals surface area contributed by atoms with E-state index in [1.807, 2.05) is 42.5 Å². The highest BCUT2D eigenvalue weighted by Crippen LogP contribution is 2.32. The maximum atomic E-state index is 14.0. The van der Waals surface area contributed by atoms with Crippen LogP contribution in [0.1, 0.15) is 33.1 Å². The van der Waals surface area contributed by atoms with Crippen molar-refractivity contribution in [1.82, 2.24) is 10.2 Å². The number of hydrogen-bond donors (Lipinski definition) is 3. The van der Waals surface area contributed by atoms with Crippen LogP contribution < -0.4 is 15.5 Å². The van der Waals surface area contributed by atoms with Crippen LogP contribution in [0.3, 0.4) is 0 Å². The second-order valence-corrected chi connectivity index (χ2v) is 12.9. The van der Waals surface area contributed by atoms with Gasteiger partial charge in [0.15, 0.2) is 0 Å². The van der Waals surface area contributed by atoms with Crippen molar-refractivity contribution in [3.05, 3.63) is 150 Å². The van der Waals surface area contributed by atoms with Crippen LogP contribution in [0, 0.1) is 0 Å². The van der Waals surface area contributed by atoms with E-state index in [0.717, 1.165) is 28.9 Å². The Kier molecular flexibility index (Phi) is 11.6. The van der Waals surface area contributed by atoms with Gasteiger partial charge in [0.05, 0.1) is 12.7 Å². The molecule has 6 rings (SSSR count). The number of phenols is 1. The summed E-state index contributed by atoms with van der Waals surface area (Å²) in [6, 6.07) is 33.1. The first-order valence-corrected chi connectivity index (χ1v) is 17.4. The van der Waals surface area contributed by atoms with Crippen LogP contribution >= 0.6 is 0 Å². The van der Waals surface area contributed by atoms with Gasteiger partial charge in [0, 0.05) is 49.5 Å². The molecular formula is C42H39F3N4O5. The second-order valence-electron chi connectivity index (χ2n) is 12.9. The summed E-state index contributed by atoms with van der Waals surface area (Å²) in [6.07, 6.45) is -4.26. The maximum Gasteiger partial charge on any atom is 0.416 e. The van der Waals surface area contributed by atoms with Gasteiger partial charge in [-0.1, -0.05) is 72.8 Å². The number of rotatable bonds is 11. The lowest BCUT2D eigenvalue weighted by molar-refractivity contribution is -0.145. The Balaban J connectivity index is 1.10. The molecule has 0 radical (unpaired) electrons. The third-order valence-electron chi connectivity index (χ3n) is 9.41. The number of halogens is 3. The van der Waals surface area contributed by atoms with Gasteiger partial charge >= 0.3 is 12.1 Å². The summed E-state index contributed by atoms with van der Waals surface area (Å²) in [7, 11) is 1.28. The number of anilines is 2. The van der Waals surface area contributed by atoms with Crippen LogP contribution in [0.4, 0.5) is 24.5 Å². The predicted octanol–water partition coefficient (Wildman–Crippen LogP) is 7.09. The minimum atomic E-state index is -4.45. The Labute approximate surface area is 311 Å². The van der Waals surface area contributed by atoms with E-state index in [1.54, 1.807) is 48.5 Å². The number of benzene rings is 5. The van der Waals surface area contributed by atoms with Crippen molar-refractivity contribution in [1.29, 1.82) is 0 Å². The normalized spacial score (nSPS) is 14.5. The third kappa shape index (κ3) is 9.07. The first-order valence-electron chi connectivity index (χ1n) is 17.4. The van der Waals surface area contributed by atoms with Crippen molar-refractivity contribution in [2.45, 2.75) is 24.7 Å². The van der Waals surface area contributed by atoms with E-state index < -0.39 is 35.7 Å². The average Bonchev–Trinajstić information content (AvgIpc) is 3.19. The van der Waals surface area contributed by atoms with E-state index in [1.165, 1.54) is 31.4 Å². The molecule has 2 unspecified atom stereocenters. The summed E-state index contributed by atoms with van der Waals surface area (Å²) in [6.45, 7) is 2.31. The zero-order valence-corrected chi connectivity index (χ0v) is 29.4. The number of hydrogen-bond acceptors (Lipinski definition) is 7. The molecule has 12 heteroatoms. The van der Waals surface area contributed by atoms with Crippen LogP contribution in [-0.4, -0.2) is 67.1 Å². The summed E-state index contributed by atoms with van der Waals surface area (Å²) in [5.74, 6) is -1.20. The molecule has 5 aromatic rings. The fraction of sp³-hybridized carbons (Fsp3) is 0.214. The molecule has 0 saturated carbocycles. The molecule has 0 bridgehead atoms. The molecule has 1 saturated heterocycles. The first kappa shape index (κ1) is 37.6. The summed E-state index contributed by atoms with van der Waals surface area (Å²) in [4.78, 5) is 44.3. The standard InChI is InChI=1S/C42H39F3N4O5/c1-54-41(53)37(27-28-11-21-34(50)22-12-28)47-40(52)38(30-7-3-2-4-8-30)49-25-23-48(24-26-49)33-19-17-32(18-20-33)46-39(51)36-10-6-5-9-35(36)29-13-15-31(16-14-29)42(43,44)45/h2-22,37-38,50H,23-27H2,1H3,(H,46,51)(H,47,52). The average molecular weight is 737 g/mol. The predicted molar refractivity (Wildman–Crippen MR) is 200 cm³/mol. The lowest BCUT2D eigenvalue weighted by Crippen LogP contribution is -2.53. The zero-order chi connectivity index (χ0) is 38.2. The first-order chi connectivity index (χ1) is 26.0. The van der Waals surface area contributed by atoms with E-state index >= 15 is 0 Å². The maximum absolute atomic E-state index is 14.0. The van der Waals surface area contributed by atoms with Crippen molar-refractivity contribution in [2.24, 2.45) is 0 Å². The molecule has 1 aliphatic heterocycles. The molecule has 1 heterocycles. The highest BCUT2D eigenvalue weighted by Gasteiger charge is 2.34. The lowest BCUT2D eigenvalue weighted by atomic mass is 9.98. The molecule has 54 heavy (non-hydrogen) atoms. The molecule has 5 aromatic carbocycles. The number of aromatic hydroxyl groups is 1. The number of carbonyl (C=O) groups excluding carboxylic acids is 3. The van der Waals surface area contributed by atoms with Crippen LogP contribution in [0.2, 0.25) is 0 Å². The number of carbonyl (C=O) groups is 3. The molecule has 2 amide bonds. The number of nitrogens with one attached hydrogen (secondary N) is 2. The summed E-state index contributed by atoms with van der Waals surface area (Å²) >= 11 is 0. The molecule has 9 nitrogen and oxygen atoms in total. The van der Waals surface area contributed by atoms with Gasteiger partial charge in [0.1, 0.15) is 17.8 Å². The minimum Gasteiger partial charge on any atom is -0.508 e. The van der Waals surface area contributed by atoms with Gasteiger partial charge in [0.2, 0.25) is 5.91 Å². The molecule has 278 valence electrons. The molecule has 3 N–H and O–H groups in total. The fourth-order valence-electron chi connectivity index (χ4n) is 6.58. The number of phenolic OH excluding ortho intramolecular Hbond substituents is 1. The van der Waals surface area contributed by atoms with Gasteiger partial charge in [-0.25, -0.2) is 4.79 Å². The minimum absolute atomic E-state index is 0.0992. The van der Waals surface area contributed by atoms with Crippen LogP contribution in [0.15, 0.2) is 127 Å². The Morgan fingerprint density at radius 1 is 0.778 bits per heavy atom. The summed E-state index contributed by atoms with van der Waals surface area (Å²) in [5, 5.41) is 15.5. The number of piperazine rings is 1. The Hall–Kier alpha value is -6.14. The topological polar surface area (TPSA) is 111 Å². The third-order valence-corrected chi connectivity index (χ3v) is 9.41. The SMILES string of the molecule is COC(=O)C(Cc1ccc(O)cc1)NC(=O)C(c1ccccc1)N1CCN(c2ccc(NC(=O)c3ccccc3-c3ccc(C(F)(F)F)cc3)cc2)CC1. The van der Waals surface area contributed by atoms with Gasteiger partial charge in [0.25, 0.3) is 5.91 Å². The van der Waals surface area contributed by atoms with Crippen molar-refractivity contribution in [3.63, 3.8) is 0 Å². The van der Waals surface area contributed by atoms with E-state index in [9.17, 15) is 32.7 Å². The van der Waals surface area contributed by atoms with Crippen LogP contribution in [0.5, 0.6) is 5.75 Å². The number of amides is 2. The van der Waals surface area contributed by atoms with E-state index in [-0.39, 0.29) is 18.1 Å². The van der Waals surface area contributed by atoms with Gasteiger partial charge in [-0.15, -0.1) is 0 Å². The number of methoxy groups -OCH3 is 1. The van der Waals surface area contributed by atoms with Crippen molar-refractivity contribution < 1.29 is 37.4 Å². The Morgan fingerprint density at radius 3 is 2.04 bits per heavy atom. The Morgan fingerprint density at radius 2 is 1.41 bits per heavy atom. The molecule has 0 aliphatic carbocycles. The number of ether oxygens (including phenoxy) is 1. The van der Waals surface area contributed by atoms with Crippen LogP contribution in [-0.2, 0) is 26.9 Å². The van der Waals surface area contributed by atoms with E-state index in [2.05, 4.69) is 20.4 Å². The van der Waals surface area contributed by atoms with E-state index in [4.69, 9.17) is 4.74 Å². The molecule has 0 spiro atoms. The quantitative estimate of drug-likeness (QED) is 0.124. The van der Waals surface area contributed by atoms with Gasteiger partial charge in [-0.05, 0) is 76.9 Å². The number of nitrogens with zero attached hydrogens (tertiary/aromatic N) is 2. The second kappa shape index (κ2) is 16.7. The summed E-state index contributed by atoms with van der Waals surface area (Å²) < 4.78 is 44.3. The van der Waals surface area contributed by atoms with Gasteiger partial charge in [-0.2, -0.15) is 13.2 Å². The largest absolute Gasteiger partial charge is 0.508 e. The highest BCUT2D eigenvalue weighted by molar-refractivity contribution is 6.08. The fourth-order valence-corrected chi connectivity index (χ4v) is 6.58. The van der Waals surface area contributed by atoms with Gasteiger partial charge < -0.3 is 25.4 Å². The number of alkyl halides is 3. The van der Waals surface area contributed by atoms with Crippen molar-refractivity contribution in [2.75, 3.05) is 43.5 Å². The van der Waals surface area contributed by atoms with Crippen molar-refractivity contribution >= 4 is 29.2 Å².